The molecule has 1 unspecified atom stereocenters. The topological polar surface area (TPSA) is 38.5 Å². The molecule has 1 aliphatic carbocycles. The zero-order valence-corrected chi connectivity index (χ0v) is 10.2. The molecule has 2 N–H and O–H groups in total. The van der Waals surface area contributed by atoms with Crippen LogP contribution in [-0.4, -0.2) is 44.3 Å². The SMILES string of the molecule is COCCC(N)CN(C)C1CCCCC1. The lowest BCUT2D eigenvalue weighted by Gasteiger charge is -2.32. The van der Waals surface area contributed by atoms with Crippen molar-refractivity contribution in [3.63, 3.8) is 0 Å². The van der Waals surface area contributed by atoms with Crippen LogP contribution >= 0.6 is 0 Å². The first-order chi connectivity index (χ1) is 7.24. The minimum atomic E-state index is 0.261. The van der Waals surface area contributed by atoms with Crippen molar-refractivity contribution in [3.05, 3.63) is 0 Å². The van der Waals surface area contributed by atoms with E-state index in [4.69, 9.17) is 10.5 Å². The highest BCUT2D eigenvalue weighted by atomic mass is 16.5. The van der Waals surface area contributed by atoms with Gasteiger partial charge in [-0.3, -0.25) is 0 Å². The summed E-state index contributed by atoms with van der Waals surface area (Å²) in [6.45, 7) is 1.79. The van der Waals surface area contributed by atoms with Crippen LogP contribution in [0.2, 0.25) is 0 Å². The van der Waals surface area contributed by atoms with Crippen molar-refractivity contribution in [2.24, 2.45) is 5.73 Å². The van der Waals surface area contributed by atoms with Crippen LogP contribution in [0.5, 0.6) is 0 Å². The molecule has 1 aliphatic rings. The second-order valence-corrected chi connectivity index (χ2v) is 4.77. The van der Waals surface area contributed by atoms with Crippen molar-refractivity contribution < 1.29 is 4.74 Å². The maximum absolute atomic E-state index is 6.05. The minimum absolute atomic E-state index is 0.261. The molecule has 1 atom stereocenters. The maximum atomic E-state index is 6.05. The van der Waals surface area contributed by atoms with E-state index in [0.717, 1.165) is 25.6 Å². The summed E-state index contributed by atoms with van der Waals surface area (Å²) in [5.41, 5.74) is 6.05. The molecule has 15 heavy (non-hydrogen) atoms. The third-order valence-electron chi connectivity index (χ3n) is 3.41. The molecule has 0 saturated heterocycles. The van der Waals surface area contributed by atoms with Crippen molar-refractivity contribution in [1.29, 1.82) is 0 Å². The Bertz CT molecular complexity index is 158. The molecule has 3 heteroatoms. The van der Waals surface area contributed by atoms with Gasteiger partial charge < -0.3 is 15.4 Å². The van der Waals surface area contributed by atoms with Crippen molar-refractivity contribution >= 4 is 0 Å². The van der Waals surface area contributed by atoms with E-state index >= 15 is 0 Å². The van der Waals surface area contributed by atoms with Gasteiger partial charge in [0, 0.05) is 32.3 Å². The highest BCUT2D eigenvalue weighted by molar-refractivity contribution is 4.76. The normalized spacial score (nSPS) is 20.8. The molecule has 3 nitrogen and oxygen atoms in total. The Hall–Kier alpha value is -0.120. The Morgan fingerprint density at radius 2 is 2.00 bits per heavy atom. The number of methoxy groups -OCH3 is 1. The van der Waals surface area contributed by atoms with Crippen LogP contribution in [0, 0.1) is 0 Å². The molecule has 0 spiro atoms. The Balaban J connectivity index is 2.17. The predicted molar refractivity (Wildman–Crippen MR) is 64.0 cm³/mol. The van der Waals surface area contributed by atoms with Crippen LogP contribution in [0.3, 0.4) is 0 Å². The van der Waals surface area contributed by atoms with Crippen molar-refractivity contribution in [2.45, 2.75) is 50.6 Å². The molecule has 0 bridgehead atoms. The number of rotatable bonds is 6. The third-order valence-corrected chi connectivity index (χ3v) is 3.41. The number of likely N-dealkylation sites (N-methyl/N-ethyl adjacent to an activating group) is 1. The fraction of sp³-hybridized carbons (Fsp3) is 1.00. The summed E-state index contributed by atoms with van der Waals surface area (Å²) >= 11 is 0. The van der Waals surface area contributed by atoms with E-state index < -0.39 is 0 Å². The van der Waals surface area contributed by atoms with Gasteiger partial charge in [0.05, 0.1) is 0 Å². The number of nitrogens with two attached hydrogens (primary N) is 1. The van der Waals surface area contributed by atoms with Crippen LogP contribution in [0.1, 0.15) is 38.5 Å². The Morgan fingerprint density at radius 1 is 1.33 bits per heavy atom. The molecule has 0 amide bonds. The van der Waals surface area contributed by atoms with Crippen LogP contribution < -0.4 is 5.73 Å². The molecule has 1 fully saturated rings. The van der Waals surface area contributed by atoms with Crippen LogP contribution in [0.25, 0.3) is 0 Å². The number of hydrogen-bond acceptors (Lipinski definition) is 3. The fourth-order valence-corrected chi connectivity index (χ4v) is 2.40. The summed E-state index contributed by atoms with van der Waals surface area (Å²) in [5, 5.41) is 0. The monoisotopic (exact) mass is 214 g/mol. The highest BCUT2D eigenvalue weighted by Crippen LogP contribution is 2.21. The zero-order chi connectivity index (χ0) is 11.1. The minimum Gasteiger partial charge on any atom is -0.385 e. The van der Waals surface area contributed by atoms with Crippen LogP contribution in [-0.2, 0) is 4.74 Å². The molecular weight excluding hydrogens is 188 g/mol. The zero-order valence-electron chi connectivity index (χ0n) is 10.2. The summed E-state index contributed by atoms with van der Waals surface area (Å²) in [5.74, 6) is 0. The van der Waals surface area contributed by atoms with Gasteiger partial charge in [-0.2, -0.15) is 0 Å². The van der Waals surface area contributed by atoms with Crippen molar-refractivity contribution in [2.75, 3.05) is 27.3 Å². The van der Waals surface area contributed by atoms with Gasteiger partial charge in [0.25, 0.3) is 0 Å². The van der Waals surface area contributed by atoms with Gasteiger partial charge in [0.15, 0.2) is 0 Å². The van der Waals surface area contributed by atoms with Gasteiger partial charge in [0.1, 0.15) is 0 Å². The fourth-order valence-electron chi connectivity index (χ4n) is 2.40. The van der Waals surface area contributed by atoms with Gasteiger partial charge in [-0.25, -0.2) is 0 Å². The molecule has 1 saturated carbocycles. The van der Waals surface area contributed by atoms with Gasteiger partial charge in [0.2, 0.25) is 0 Å². The van der Waals surface area contributed by atoms with E-state index in [2.05, 4.69) is 11.9 Å². The van der Waals surface area contributed by atoms with E-state index in [-0.39, 0.29) is 6.04 Å². The average molecular weight is 214 g/mol. The molecule has 0 aromatic carbocycles. The summed E-state index contributed by atoms with van der Waals surface area (Å²) < 4.78 is 5.04. The van der Waals surface area contributed by atoms with E-state index in [1.165, 1.54) is 32.1 Å². The molecule has 1 rings (SSSR count). The maximum Gasteiger partial charge on any atom is 0.0477 e. The van der Waals surface area contributed by atoms with E-state index in [1.54, 1.807) is 7.11 Å². The molecule has 0 aromatic rings. The molecule has 0 aromatic heterocycles. The number of ether oxygens (including phenoxy) is 1. The summed E-state index contributed by atoms with van der Waals surface area (Å²) in [4.78, 5) is 2.44. The van der Waals surface area contributed by atoms with Gasteiger partial charge in [-0.1, -0.05) is 19.3 Å². The Morgan fingerprint density at radius 3 is 2.60 bits per heavy atom. The Labute approximate surface area is 94.0 Å². The summed E-state index contributed by atoms with van der Waals surface area (Å²) in [6, 6.07) is 1.03. The molecule has 0 radical (unpaired) electrons. The predicted octanol–water partition coefficient (Wildman–Crippen LogP) is 1.61. The first-order valence-corrected chi connectivity index (χ1v) is 6.18. The first kappa shape index (κ1) is 12.9. The lowest BCUT2D eigenvalue weighted by molar-refractivity contribution is 0.155. The van der Waals surface area contributed by atoms with Gasteiger partial charge in [-0.05, 0) is 26.3 Å². The smallest absolute Gasteiger partial charge is 0.0477 e. The molecule has 90 valence electrons. The van der Waals surface area contributed by atoms with Gasteiger partial charge >= 0.3 is 0 Å². The first-order valence-electron chi connectivity index (χ1n) is 6.18. The van der Waals surface area contributed by atoms with Crippen molar-refractivity contribution in [1.82, 2.24) is 4.90 Å². The third kappa shape index (κ3) is 4.96. The highest BCUT2D eigenvalue weighted by Gasteiger charge is 2.19. The lowest BCUT2D eigenvalue weighted by Crippen LogP contribution is -2.42. The van der Waals surface area contributed by atoms with E-state index in [0.29, 0.717) is 0 Å². The second-order valence-electron chi connectivity index (χ2n) is 4.77. The lowest BCUT2D eigenvalue weighted by atomic mass is 9.94. The molecule has 0 aliphatic heterocycles. The standard InChI is InChI=1S/C12H26N2O/c1-14(10-11(13)8-9-15-2)12-6-4-3-5-7-12/h11-12H,3-10,13H2,1-2H3. The Kier molecular flexibility index (Phi) is 6.22. The molecular formula is C12H26N2O. The van der Waals surface area contributed by atoms with Crippen LogP contribution in [0.15, 0.2) is 0 Å². The number of hydrogen-bond donors (Lipinski definition) is 1. The van der Waals surface area contributed by atoms with Gasteiger partial charge in [-0.15, -0.1) is 0 Å². The van der Waals surface area contributed by atoms with Crippen molar-refractivity contribution in [3.8, 4) is 0 Å². The van der Waals surface area contributed by atoms with E-state index in [9.17, 15) is 0 Å². The summed E-state index contributed by atoms with van der Waals surface area (Å²) in [6.07, 6.45) is 7.87. The van der Waals surface area contributed by atoms with E-state index in [1.807, 2.05) is 0 Å². The van der Waals surface area contributed by atoms with Crippen LogP contribution in [0.4, 0.5) is 0 Å². The average Bonchev–Trinajstić information content (AvgIpc) is 2.27. The number of nitrogens with zero attached hydrogens (tertiary/aromatic N) is 1. The quantitative estimate of drug-likeness (QED) is 0.730. The second kappa shape index (κ2) is 7.20. The summed E-state index contributed by atoms with van der Waals surface area (Å²) in [7, 11) is 3.94. The molecule has 0 heterocycles. The largest absolute Gasteiger partial charge is 0.385 e.